The van der Waals surface area contributed by atoms with E-state index in [0.717, 1.165) is 31.2 Å². The zero-order valence-electron chi connectivity index (χ0n) is 22.2. The van der Waals surface area contributed by atoms with E-state index in [0.29, 0.717) is 13.0 Å². The van der Waals surface area contributed by atoms with E-state index in [2.05, 4.69) is 24.1 Å². The van der Waals surface area contributed by atoms with Gasteiger partial charge in [0.1, 0.15) is 39.1 Å². The number of hydrogen-bond acceptors (Lipinski definition) is 8. The Labute approximate surface area is 228 Å². The maximum Gasteiger partial charge on any atom is 0.340 e. The topological polar surface area (TPSA) is 120 Å². The van der Waals surface area contributed by atoms with Crippen molar-refractivity contribution in [3.63, 3.8) is 0 Å². The van der Waals surface area contributed by atoms with Crippen molar-refractivity contribution in [2.45, 2.75) is 74.3 Å². The Hall–Kier alpha value is -3.16. The molecule has 2 aliphatic heterocycles. The van der Waals surface area contributed by atoms with Crippen LogP contribution in [0.3, 0.4) is 0 Å². The number of aromatic nitrogens is 2. The van der Waals surface area contributed by atoms with Crippen LogP contribution in [0.4, 0.5) is 22.0 Å². The van der Waals surface area contributed by atoms with Crippen molar-refractivity contribution in [1.82, 2.24) is 9.97 Å². The van der Waals surface area contributed by atoms with Gasteiger partial charge in [-0.2, -0.15) is 8.78 Å². The van der Waals surface area contributed by atoms with Gasteiger partial charge in [0.05, 0.1) is 27.6 Å². The van der Waals surface area contributed by atoms with Gasteiger partial charge in [-0.3, -0.25) is 14.8 Å². The monoisotopic (exact) mass is 587 g/mol. The summed E-state index contributed by atoms with van der Waals surface area (Å²) in [6.45, 7) is 3.93. The quantitative estimate of drug-likeness (QED) is 0.353. The van der Waals surface area contributed by atoms with E-state index in [1.54, 1.807) is 20.8 Å². The van der Waals surface area contributed by atoms with Gasteiger partial charge in [0.2, 0.25) is 0 Å². The van der Waals surface area contributed by atoms with Gasteiger partial charge in [-0.25, -0.2) is 26.7 Å². The summed E-state index contributed by atoms with van der Waals surface area (Å²) in [4.78, 5) is 25.8. The Morgan fingerprint density at radius 1 is 1.20 bits per heavy atom. The largest absolute Gasteiger partial charge is 0.485 e. The number of Topliss-reactive ketones (excluding diaryl/α,β-unsaturated/α-hetero) is 1. The smallest absolute Gasteiger partial charge is 0.340 e. The van der Waals surface area contributed by atoms with Gasteiger partial charge >= 0.3 is 12.3 Å². The fourth-order valence-electron chi connectivity index (χ4n) is 4.88. The van der Waals surface area contributed by atoms with Crippen molar-refractivity contribution in [2.75, 3.05) is 13.2 Å². The van der Waals surface area contributed by atoms with Crippen molar-refractivity contribution < 1.29 is 35.7 Å². The van der Waals surface area contributed by atoms with E-state index in [1.807, 2.05) is 0 Å². The average Bonchev–Trinajstić information content (AvgIpc) is 3.11. The summed E-state index contributed by atoms with van der Waals surface area (Å²) in [5, 5.41) is -0.663. The summed E-state index contributed by atoms with van der Waals surface area (Å²) in [6.07, 6.45) is -1.29. The number of ether oxygens (including phenoxy) is 1. The minimum atomic E-state index is -4.34. The second kappa shape index (κ2) is 10.7. The minimum absolute atomic E-state index is 0.0703. The number of fused-ring (bicyclic) bond motifs is 1. The van der Waals surface area contributed by atoms with E-state index >= 15 is 4.39 Å². The molecular weight excluding hydrogens is 557 g/mol. The number of halogens is 5. The maximum atomic E-state index is 15.3. The average molecular weight is 588 g/mol. The van der Waals surface area contributed by atoms with Crippen LogP contribution in [0.1, 0.15) is 61.9 Å². The number of nitrogens with two attached hydrogens (primary N) is 1. The first-order valence-electron chi connectivity index (χ1n) is 12.6. The molecule has 0 spiro atoms. The highest BCUT2D eigenvalue weighted by Gasteiger charge is 2.56. The van der Waals surface area contributed by atoms with Crippen LogP contribution in [0.25, 0.3) is 0 Å². The lowest BCUT2D eigenvalue weighted by atomic mass is 9.88. The van der Waals surface area contributed by atoms with Gasteiger partial charge in [0, 0.05) is 12.2 Å². The minimum Gasteiger partial charge on any atom is -0.485 e. The van der Waals surface area contributed by atoms with Gasteiger partial charge in [0.15, 0.2) is 12.4 Å². The highest BCUT2D eigenvalue weighted by Crippen LogP contribution is 2.46. The van der Waals surface area contributed by atoms with Crippen molar-refractivity contribution in [1.29, 1.82) is 0 Å². The molecule has 4 heterocycles. The van der Waals surface area contributed by atoms with E-state index < -0.39 is 55.8 Å². The molecule has 0 aromatic carbocycles. The number of aliphatic imine (C=N–C) groups is 1. The van der Waals surface area contributed by atoms with Gasteiger partial charge in [-0.1, -0.05) is 6.42 Å². The number of ketones is 1. The van der Waals surface area contributed by atoms with Crippen LogP contribution in [0.15, 0.2) is 39.8 Å². The summed E-state index contributed by atoms with van der Waals surface area (Å²) in [6, 6.07) is 4.84. The van der Waals surface area contributed by atoms with E-state index in [-0.39, 0.29) is 35.1 Å². The van der Waals surface area contributed by atoms with Crippen LogP contribution in [-0.2, 0) is 21.7 Å². The highest BCUT2D eigenvalue weighted by atomic mass is 32.2. The third kappa shape index (κ3) is 5.29. The molecule has 218 valence electrons. The Kier molecular flexibility index (Phi) is 7.96. The zero-order chi connectivity index (χ0) is 29.5. The molecule has 14 heteroatoms. The summed E-state index contributed by atoms with van der Waals surface area (Å²) in [7, 11) is -2.99. The van der Waals surface area contributed by atoms with Crippen molar-refractivity contribution in [3.8, 4) is 5.75 Å². The molecule has 0 saturated heterocycles. The molecule has 0 radical (unpaired) electrons. The zero-order valence-corrected chi connectivity index (χ0v) is 23.0. The van der Waals surface area contributed by atoms with Crippen LogP contribution in [0, 0.1) is 5.82 Å². The summed E-state index contributed by atoms with van der Waals surface area (Å²) in [5.74, 6) is -5.69. The molecule has 3 atom stereocenters. The fourth-order valence-corrected chi connectivity index (χ4v) is 8.11. The second-order valence-corrected chi connectivity index (χ2v) is 13.5. The standard InChI is InChI=1S/C26H30F5N5O3S/c1-24(2)23(32)36-25(3,20-6-4-5-11-34-40(20,24)38)21-17(27)9-7-15(35-21)12-19(37)18-10-8-16(13-33-18)39-14-26(30,31)22(28)29/h7-10,13,20,22H,4-6,11-12,14H2,1-3H3,(H2,32,36)/t20-,25+,40+/m1/s1. The van der Waals surface area contributed by atoms with Crippen molar-refractivity contribution in [2.24, 2.45) is 15.1 Å². The number of alkyl halides is 4. The molecule has 2 aromatic rings. The van der Waals surface area contributed by atoms with Gasteiger partial charge < -0.3 is 10.5 Å². The lowest BCUT2D eigenvalue weighted by molar-refractivity contribution is -0.148. The molecule has 0 saturated carbocycles. The van der Waals surface area contributed by atoms with Crippen LogP contribution in [-0.4, -0.2) is 61.3 Å². The van der Waals surface area contributed by atoms with Crippen LogP contribution < -0.4 is 10.5 Å². The van der Waals surface area contributed by atoms with E-state index in [4.69, 9.17) is 5.73 Å². The number of amidine groups is 1. The van der Waals surface area contributed by atoms with Gasteiger partial charge in [-0.15, -0.1) is 0 Å². The molecule has 8 nitrogen and oxygen atoms in total. The Morgan fingerprint density at radius 2 is 1.93 bits per heavy atom. The van der Waals surface area contributed by atoms with Crippen molar-refractivity contribution >= 4 is 21.3 Å². The normalized spacial score (nSPS) is 26.3. The summed E-state index contributed by atoms with van der Waals surface area (Å²) in [5.41, 5.74) is 4.92. The molecule has 0 fully saturated rings. The van der Waals surface area contributed by atoms with Crippen LogP contribution in [0.5, 0.6) is 5.75 Å². The van der Waals surface area contributed by atoms with E-state index in [1.165, 1.54) is 12.1 Å². The fraction of sp³-hybridized carbons (Fsp3) is 0.538. The number of pyridine rings is 2. The lowest BCUT2D eigenvalue weighted by Crippen LogP contribution is -2.59. The molecule has 2 aromatic heterocycles. The Bertz CT molecular complexity index is 1440. The number of nitrogens with zero attached hydrogens (tertiary/aromatic N) is 4. The third-order valence-corrected chi connectivity index (χ3v) is 11.1. The molecule has 0 aliphatic carbocycles. The molecule has 2 N–H and O–H groups in total. The first-order valence-corrected chi connectivity index (χ1v) is 14.2. The predicted molar refractivity (Wildman–Crippen MR) is 139 cm³/mol. The molecule has 4 rings (SSSR count). The number of carbonyl (C=O) groups excluding carboxylic acids is 1. The summed E-state index contributed by atoms with van der Waals surface area (Å²) < 4.78 is 88.6. The third-order valence-electron chi connectivity index (χ3n) is 7.37. The number of hydrogen-bond donors (Lipinski definition) is 1. The highest BCUT2D eigenvalue weighted by molar-refractivity contribution is 7.96. The van der Waals surface area contributed by atoms with Crippen molar-refractivity contribution in [3.05, 3.63) is 53.4 Å². The van der Waals surface area contributed by atoms with E-state index in [9.17, 15) is 26.6 Å². The summed E-state index contributed by atoms with van der Waals surface area (Å²) >= 11 is 0. The SMILES string of the molecule is CC1(C)C(N)=N[C@](C)(c2nc(CC(=O)c3ccc(OCC(F)(F)C(F)F)cn3)ccc2F)[C@H]2CCCCN=[S@]21=O. The lowest BCUT2D eigenvalue weighted by Gasteiger charge is -2.46. The first kappa shape index (κ1) is 29.8. The predicted octanol–water partition coefficient (Wildman–Crippen LogP) is 4.71. The van der Waals surface area contributed by atoms with Crippen LogP contribution >= 0.6 is 0 Å². The molecular formula is C26H30F5N5O3S. The second-order valence-electron chi connectivity index (χ2n) is 10.5. The Morgan fingerprint density at radius 3 is 2.58 bits per heavy atom. The maximum absolute atomic E-state index is 15.3. The first-order chi connectivity index (χ1) is 18.6. The van der Waals surface area contributed by atoms with Gasteiger partial charge in [-0.05, 0) is 57.9 Å². The van der Waals surface area contributed by atoms with Gasteiger partial charge in [0.25, 0.3) is 0 Å². The molecule has 0 unspecified atom stereocenters. The Balaban J connectivity index is 1.60. The molecule has 40 heavy (non-hydrogen) atoms. The molecule has 2 aliphatic rings. The van der Waals surface area contributed by atoms with Crippen LogP contribution in [0.2, 0.25) is 0 Å². The molecule has 0 amide bonds. The number of rotatable bonds is 8. The molecule has 0 bridgehead atoms. The number of carbonyl (C=O) groups is 1.